The number of nitrogens with one attached hydrogen (secondary N) is 1. The monoisotopic (exact) mass is 442 g/mol. The van der Waals surface area contributed by atoms with Crippen LogP contribution in [0.2, 0.25) is 0 Å². The number of fused-ring (bicyclic) bond motifs is 3. The number of rotatable bonds is 4. The summed E-state index contributed by atoms with van der Waals surface area (Å²) in [6.45, 7) is 1.26. The molecule has 33 heavy (non-hydrogen) atoms. The van der Waals surface area contributed by atoms with Crippen molar-refractivity contribution in [2.45, 2.75) is 31.7 Å². The molecule has 1 N–H and O–H groups in total. The summed E-state index contributed by atoms with van der Waals surface area (Å²) in [5.74, 6) is 1.33. The molecule has 2 fully saturated rings. The first-order chi connectivity index (χ1) is 16.2. The van der Waals surface area contributed by atoms with E-state index in [2.05, 4.69) is 20.3 Å². The number of ether oxygens (including phenoxy) is 1. The molecule has 1 aromatic carbocycles. The van der Waals surface area contributed by atoms with Gasteiger partial charge in [-0.15, -0.1) is 0 Å². The van der Waals surface area contributed by atoms with Crippen LogP contribution in [0.4, 0.5) is 22.9 Å². The van der Waals surface area contributed by atoms with Crippen LogP contribution in [0.25, 0.3) is 11.3 Å². The molecule has 0 radical (unpaired) electrons. The van der Waals surface area contributed by atoms with Crippen LogP contribution in [-0.2, 0) is 9.59 Å². The minimum absolute atomic E-state index is 0.0797. The lowest BCUT2D eigenvalue weighted by Gasteiger charge is -2.31. The molecule has 2 aromatic heterocycles. The second-order valence-corrected chi connectivity index (χ2v) is 8.42. The largest absolute Gasteiger partial charge is 0.474 e. The molecule has 0 aliphatic carbocycles. The van der Waals surface area contributed by atoms with Gasteiger partial charge in [-0.3, -0.25) is 14.6 Å². The normalized spacial score (nSPS) is 19.3. The maximum absolute atomic E-state index is 12.3. The van der Waals surface area contributed by atoms with Gasteiger partial charge in [-0.2, -0.15) is 0 Å². The first-order valence-corrected chi connectivity index (χ1v) is 11.1. The molecule has 9 nitrogen and oxygen atoms in total. The lowest BCUT2D eigenvalue weighted by atomic mass is 10.1. The number of aromatic nitrogens is 3. The number of nitrogens with zero attached hydrogens (tertiary/aromatic N) is 5. The first kappa shape index (κ1) is 19.7. The SMILES string of the molecule is O=C1CCCN1c1ccc(-c2cnc(Nc3cnc4c(c3)N3C(=O)CC[C@H]3CO4)cn2)cc1. The highest BCUT2D eigenvalue weighted by Crippen LogP contribution is 2.38. The number of benzene rings is 1. The smallest absolute Gasteiger partial charge is 0.238 e. The number of hydrogen-bond donors (Lipinski definition) is 1. The summed E-state index contributed by atoms with van der Waals surface area (Å²) in [7, 11) is 0. The molecule has 3 aliphatic rings. The van der Waals surface area contributed by atoms with E-state index in [-0.39, 0.29) is 17.9 Å². The van der Waals surface area contributed by atoms with Gasteiger partial charge < -0.3 is 19.9 Å². The molecule has 0 bridgehead atoms. The van der Waals surface area contributed by atoms with Crippen molar-refractivity contribution < 1.29 is 14.3 Å². The van der Waals surface area contributed by atoms with E-state index >= 15 is 0 Å². The summed E-state index contributed by atoms with van der Waals surface area (Å²) >= 11 is 0. The van der Waals surface area contributed by atoms with Crippen LogP contribution in [0, 0.1) is 0 Å². The van der Waals surface area contributed by atoms with Gasteiger partial charge in [0.2, 0.25) is 17.7 Å². The molecular weight excluding hydrogens is 420 g/mol. The fraction of sp³-hybridized carbons (Fsp3) is 0.292. The number of hydrogen-bond acceptors (Lipinski definition) is 7. The van der Waals surface area contributed by atoms with Crippen LogP contribution in [0.1, 0.15) is 25.7 Å². The average molecular weight is 442 g/mol. The molecule has 166 valence electrons. The highest BCUT2D eigenvalue weighted by molar-refractivity contribution is 5.98. The summed E-state index contributed by atoms with van der Waals surface area (Å²) in [4.78, 5) is 41.2. The Labute approximate surface area is 190 Å². The van der Waals surface area contributed by atoms with E-state index in [0.717, 1.165) is 36.3 Å². The summed E-state index contributed by atoms with van der Waals surface area (Å²) in [6, 6.07) is 9.74. The van der Waals surface area contributed by atoms with Crippen molar-refractivity contribution >= 4 is 34.7 Å². The van der Waals surface area contributed by atoms with Gasteiger partial charge in [-0.1, -0.05) is 12.1 Å². The third-order valence-electron chi connectivity index (χ3n) is 6.30. The molecule has 5 heterocycles. The Kier molecular flexibility index (Phi) is 4.67. The lowest BCUT2D eigenvalue weighted by Crippen LogP contribution is -2.40. The van der Waals surface area contributed by atoms with Crippen molar-refractivity contribution in [2.75, 3.05) is 28.3 Å². The van der Waals surface area contributed by atoms with Crippen molar-refractivity contribution in [1.82, 2.24) is 15.0 Å². The molecule has 2 saturated heterocycles. The number of carbonyl (C=O) groups is 2. The zero-order chi connectivity index (χ0) is 22.4. The van der Waals surface area contributed by atoms with Crippen molar-refractivity contribution in [1.29, 1.82) is 0 Å². The number of amides is 2. The predicted molar refractivity (Wildman–Crippen MR) is 123 cm³/mol. The summed E-state index contributed by atoms with van der Waals surface area (Å²) in [5.41, 5.74) is 3.98. The summed E-state index contributed by atoms with van der Waals surface area (Å²) < 4.78 is 5.72. The van der Waals surface area contributed by atoms with Crippen molar-refractivity contribution in [3.8, 4) is 17.1 Å². The molecule has 9 heteroatoms. The van der Waals surface area contributed by atoms with E-state index in [1.807, 2.05) is 35.2 Å². The van der Waals surface area contributed by atoms with E-state index in [4.69, 9.17) is 4.74 Å². The van der Waals surface area contributed by atoms with Crippen LogP contribution < -0.4 is 19.9 Å². The Morgan fingerprint density at radius 2 is 1.85 bits per heavy atom. The molecule has 3 aliphatic heterocycles. The number of carbonyl (C=O) groups excluding carboxylic acids is 2. The van der Waals surface area contributed by atoms with Crippen LogP contribution in [0.5, 0.6) is 5.88 Å². The molecule has 1 atom stereocenters. The zero-order valence-electron chi connectivity index (χ0n) is 17.9. The Bertz CT molecular complexity index is 1230. The van der Waals surface area contributed by atoms with E-state index in [1.54, 1.807) is 23.5 Å². The van der Waals surface area contributed by atoms with E-state index in [9.17, 15) is 9.59 Å². The Balaban J connectivity index is 1.18. The standard InChI is InChI=1S/C24H22N6O3/c31-22-2-1-9-29(22)17-5-3-15(4-6-17)19-12-26-21(13-25-19)28-16-10-20-24(27-11-16)33-14-18-7-8-23(32)30(18)20/h3-6,10-13,18H,1-2,7-9,14H2,(H,26,28)/t18-/m0/s1. The van der Waals surface area contributed by atoms with Gasteiger partial charge in [0.25, 0.3) is 0 Å². The minimum atomic E-state index is 0.0797. The third-order valence-corrected chi connectivity index (χ3v) is 6.30. The van der Waals surface area contributed by atoms with E-state index in [1.165, 1.54) is 0 Å². The van der Waals surface area contributed by atoms with Crippen LogP contribution in [-0.4, -0.2) is 46.0 Å². The average Bonchev–Trinajstić information content (AvgIpc) is 3.45. The Hall–Kier alpha value is -4.01. The number of pyridine rings is 1. The Morgan fingerprint density at radius 3 is 2.61 bits per heavy atom. The number of anilines is 4. The molecule has 3 aromatic rings. The van der Waals surface area contributed by atoms with Gasteiger partial charge in [0.05, 0.1) is 36.0 Å². The predicted octanol–water partition coefficient (Wildman–Crippen LogP) is 3.30. The molecule has 0 saturated carbocycles. The lowest BCUT2D eigenvalue weighted by molar-refractivity contribution is -0.118. The zero-order valence-corrected chi connectivity index (χ0v) is 17.9. The van der Waals surface area contributed by atoms with Crippen LogP contribution in [0.3, 0.4) is 0 Å². The molecule has 2 amide bonds. The highest BCUT2D eigenvalue weighted by atomic mass is 16.5. The fourth-order valence-electron chi connectivity index (χ4n) is 4.62. The Morgan fingerprint density at radius 1 is 0.970 bits per heavy atom. The van der Waals surface area contributed by atoms with Crippen LogP contribution in [0.15, 0.2) is 48.9 Å². The second kappa shape index (κ2) is 7.84. The van der Waals surface area contributed by atoms with Crippen molar-refractivity contribution in [3.63, 3.8) is 0 Å². The summed E-state index contributed by atoms with van der Waals surface area (Å²) in [5, 5.41) is 3.20. The second-order valence-electron chi connectivity index (χ2n) is 8.42. The molecule has 0 spiro atoms. The third kappa shape index (κ3) is 3.55. The molecular formula is C24H22N6O3. The van der Waals surface area contributed by atoms with Gasteiger partial charge in [-0.05, 0) is 31.0 Å². The van der Waals surface area contributed by atoms with Gasteiger partial charge in [0.1, 0.15) is 18.1 Å². The molecule has 6 rings (SSSR count). The van der Waals surface area contributed by atoms with E-state index in [0.29, 0.717) is 42.5 Å². The van der Waals surface area contributed by atoms with Gasteiger partial charge >= 0.3 is 0 Å². The van der Waals surface area contributed by atoms with Crippen molar-refractivity contribution in [2.24, 2.45) is 0 Å². The van der Waals surface area contributed by atoms with E-state index < -0.39 is 0 Å². The maximum atomic E-state index is 12.3. The quantitative estimate of drug-likeness (QED) is 0.662. The van der Waals surface area contributed by atoms with Crippen molar-refractivity contribution in [3.05, 3.63) is 48.9 Å². The van der Waals surface area contributed by atoms with Gasteiger partial charge in [0.15, 0.2) is 0 Å². The fourth-order valence-corrected chi connectivity index (χ4v) is 4.62. The van der Waals surface area contributed by atoms with Gasteiger partial charge in [0, 0.05) is 30.6 Å². The minimum Gasteiger partial charge on any atom is -0.474 e. The first-order valence-electron chi connectivity index (χ1n) is 11.1. The van der Waals surface area contributed by atoms with Crippen LogP contribution >= 0.6 is 0 Å². The highest BCUT2D eigenvalue weighted by Gasteiger charge is 2.38. The van der Waals surface area contributed by atoms with Gasteiger partial charge in [-0.25, -0.2) is 9.97 Å². The maximum Gasteiger partial charge on any atom is 0.238 e. The summed E-state index contributed by atoms with van der Waals surface area (Å²) in [6.07, 6.45) is 7.88. The molecule has 0 unspecified atom stereocenters. The topological polar surface area (TPSA) is 101 Å².